The van der Waals surface area contributed by atoms with Crippen LogP contribution in [0.25, 0.3) is 0 Å². The number of hydrogen-bond donors (Lipinski definition) is 0. The van der Waals surface area contributed by atoms with Gasteiger partial charge in [-0.1, -0.05) is 23.7 Å². The molecular weight excluding hydrogens is 505 g/mol. The number of carbonyl (C=O) groups is 1. The number of piperazine rings is 1. The molecule has 1 amide bonds. The van der Waals surface area contributed by atoms with Gasteiger partial charge in [0, 0.05) is 76.1 Å². The normalized spacial score (nSPS) is 19.1. The number of nitrogens with zero attached hydrogens (tertiary/aromatic N) is 5. The van der Waals surface area contributed by atoms with E-state index in [-0.39, 0.29) is 18.7 Å². The largest absolute Gasteiger partial charge is 0.454 e. The van der Waals surface area contributed by atoms with Gasteiger partial charge in [-0.3, -0.25) is 14.7 Å². The van der Waals surface area contributed by atoms with Gasteiger partial charge in [0.1, 0.15) is 17.3 Å². The van der Waals surface area contributed by atoms with E-state index in [1.54, 1.807) is 23.4 Å². The highest BCUT2D eigenvalue weighted by atomic mass is 35.5. The Hall–Kier alpha value is -3.49. The van der Waals surface area contributed by atoms with Crippen LogP contribution in [0, 0.1) is 0 Å². The van der Waals surface area contributed by atoms with Crippen LogP contribution in [0.1, 0.15) is 24.0 Å². The zero-order chi connectivity index (χ0) is 26.1. The molecule has 0 radical (unpaired) electrons. The number of ether oxygens (including phenoxy) is 1. The van der Waals surface area contributed by atoms with Crippen LogP contribution in [0.5, 0.6) is 11.5 Å². The Morgan fingerprint density at radius 3 is 2.45 bits per heavy atom. The van der Waals surface area contributed by atoms with Crippen molar-refractivity contribution < 1.29 is 13.9 Å². The van der Waals surface area contributed by atoms with Crippen molar-refractivity contribution >= 4 is 29.0 Å². The number of amides is 1. The maximum absolute atomic E-state index is 15.9. The van der Waals surface area contributed by atoms with Crippen LogP contribution in [0.2, 0.25) is 5.02 Å². The molecule has 2 fully saturated rings. The van der Waals surface area contributed by atoms with Gasteiger partial charge in [-0.2, -0.15) is 0 Å². The van der Waals surface area contributed by atoms with Gasteiger partial charge in [0.25, 0.3) is 5.91 Å². The number of piperidine rings is 1. The van der Waals surface area contributed by atoms with Crippen LogP contribution in [-0.4, -0.2) is 76.4 Å². The van der Waals surface area contributed by atoms with Gasteiger partial charge in [0.2, 0.25) is 0 Å². The summed E-state index contributed by atoms with van der Waals surface area (Å²) in [6, 6.07) is 17.1. The number of likely N-dealkylation sites (tertiary alicyclic amines) is 1. The van der Waals surface area contributed by atoms with Crippen LogP contribution in [0.3, 0.4) is 0 Å². The van der Waals surface area contributed by atoms with E-state index in [9.17, 15) is 4.79 Å². The Labute approximate surface area is 226 Å². The fraction of sp³-hybridized carbons (Fsp3) is 0.345. The van der Waals surface area contributed by atoms with Gasteiger partial charge in [-0.15, -0.1) is 0 Å². The number of halogens is 2. The summed E-state index contributed by atoms with van der Waals surface area (Å²) in [5.74, 6) is 1.71. The number of para-hydroxylation sites is 2. The first kappa shape index (κ1) is 24.8. The van der Waals surface area contributed by atoms with Crippen LogP contribution in [0.4, 0.5) is 10.1 Å². The van der Waals surface area contributed by atoms with Gasteiger partial charge in [-0.25, -0.2) is 9.38 Å². The van der Waals surface area contributed by atoms with E-state index < -0.39 is 5.67 Å². The van der Waals surface area contributed by atoms with Crippen molar-refractivity contribution in [2.45, 2.75) is 25.1 Å². The minimum Gasteiger partial charge on any atom is -0.454 e. The summed E-state index contributed by atoms with van der Waals surface area (Å²) in [5, 5.41) is 0.592. The number of alkyl halides is 1. The Kier molecular flexibility index (Phi) is 6.76. The summed E-state index contributed by atoms with van der Waals surface area (Å²) in [6.45, 7) is 3.81. The van der Waals surface area contributed by atoms with E-state index in [4.69, 9.17) is 21.3 Å². The quantitative estimate of drug-likeness (QED) is 0.470. The van der Waals surface area contributed by atoms with Gasteiger partial charge >= 0.3 is 0 Å². The number of aromatic nitrogens is 1. The third kappa shape index (κ3) is 4.98. The van der Waals surface area contributed by atoms with Crippen molar-refractivity contribution in [1.82, 2.24) is 19.7 Å². The number of amidine groups is 1. The molecule has 0 N–H and O–H groups in total. The first-order chi connectivity index (χ1) is 18.5. The SMILES string of the molecule is O=C(N1CCN(C2=Nc3ccccc3Oc3ccc(Cl)cc32)CC1)C1(F)CCN(Cc2ccncc2)CC1. The predicted octanol–water partition coefficient (Wildman–Crippen LogP) is 5.07. The minimum atomic E-state index is -1.82. The van der Waals surface area contributed by atoms with Crippen LogP contribution in [0.15, 0.2) is 72.0 Å². The molecule has 0 saturated carbocycles. The summed E-state index contributed by atoms with van der Waals surface area (Å²) in [5.41, 5.74) is 0.863. The molecule has 2 aromatic carbocycles. The second kappa shape index (κ2) is 10.3. The standard InChI is InChI=1S/C29H29ClFN5O2/c30-22-5-6-25-23(19-22)27(33-24-3-1-2-4-26(24)38-25)35-15-17-36(18-16-35)28(37)29(31)9-13-34(14-10-29)20-21-7-11-32-12-8-21/h1-8,11-12,19H,9-10,13-18,20H2. The number of aliphatic imine (C=N–C) groups is 1. The zero-order valence-corrected chi connectivity index (χ0v) is 21.8. The maximum atomic E-state index is 15.9. The molecule has 4 heterocycles. The van der Waals surface area contributed by atoms with Gasteiger partial charge < -0.3 is 14.5 Å². The van der Waals surface area contributed by atoms with Crippen molar-refractivity contribution in [3.8, 4) is 11.5 Å². The van der Waals surface area contributed by atoms with Crippen molar-refractivity contribution in [3.05, 3.63) is 83.1 Å². The van der Waals surface area contributed by atoms with E-state index in [1.807, 2.05) is 48.5 Å². The van der Waals surface area contributed by atoms with E-state index in [0.29, 0.717) is 55.8 Å². The molecule has 0 unspecified atom stereocenters. The highest BCUT2D eigenvalue weighted by molar-refractivity contribution is 6.31. The monoisotopic (exact) mass is 533 g/mol. The summed E-state index contributed by atoms with van der Waals surface area (Å²) in [7, 11) is 0. The van der Waals surface area contributed by atoms with E-state index in [0.717, 1.165) is 29.2 Å². The van der Waals surface area contributed by atoms with E-state index in [2.05, 4.69) is 14.8 Å². The first-order valence-electron chi connectivity index (χ1n) is 13.0. The second-order valence-corrected chi connectivity index (χ2v) is 10.5. The molecule has 0 atom stereocenters. The highest BCUT2D eigenvalue weighted by Gasteiger charge is 2.44. The molecule has 3 aliphatic heterocycles. The average molecular weight is 534 g/mol. The van der Waals surface area contributed by atoms with E-state index >= 15 is 4.39 Å². The Morgan fingerprint density at radius 2 is 1.68 bits per heavy atom. The van der Waals surface area contributed by atoms with Gasteiger partial charge in [0.05, 0.1) is 5.56 Å². The number of hydrogen-bond acceptors (Lipinski definition) is 6. The third-order valence-corrected chi connectivity index (χ3v) is 7.78. The topological polar surface area (TPSA) is 61.3 Å². The first-order valence-corrected chi connectivity index (χ1v) is 13.4. The molecule has 1 aromatic heterocycles. The lowest BCUT2D eigenvalue weighted by Crippen LogP contribution is -2.57. The highest BCUT2D eigenvalue weighted by Crippen LogP contribution is 2.39. The Balaban J connectivity index is 1.13. The maximum Gasteiger partial charge on any atom is 0.260 e. The van der Waals surface area contributed by atoms with Gasteiger partial charge in [0.15, 0.2) is 11.4 Å². The van der Waals surface area contributed by atoms with Crippen LogP contribution in [-0.2, 0) is 11.3 Å². The molecule has 7 nitrogen and oxygen atoms in total. The average Bonchev–Trinajstić information content (AvgIpc) is 3.11. The molecule has 0 aliphatic carbocycles. The summed E-state index contributed by atoms with van der Waals surface area (Å²) in [4.78, 5) is 28.3. The van der Waals surface area contributed by atoms with Crippen molar-refractivity contribution in [1.29, 1.82) is 0 Å². The fourth-order valence-electron chi connectivity index (χ4n) is 5.37. The molecule has 196 valence electrons. The lowest BCUT2D eigenvalue weighted by molar-refractivity contribution is -0.148. The predicted molar refractivity (Wildman–Crippen MR) is 145 cm³/mol. The summed E-state index contributed by atoms with van der Waals surface area (Å²) in [6.07, 6.45) is 3.96. The second-order valence-electron chi connectivity index (χ2n) is 10.0. The fourth-order valence-corrected chi connectivity index (χ4v) is 5.54. The lowest BCUT2D eigenvalue weighted by Gasteiger charge is -2.41. The third-order valence-electron chi connectivity index (χ3n) is 7.55. The Morgan fingerprint density at radius 1 is 0.947 bits per heavy atom. The number of benzene rings is 2. The minimum absolute atomic E-state index is 0.212. The lowest BCUT2D eigenvalue weighted by atomic mass is 9.91. The Bertz CT molecular complexity index is 1350. The van der Waals surface area contributed by atoms with E-state index in [1.165, 1.54) is 0 Å². The number of carbonyl (C=O) groups excluding carboxylic acids is 1. The van der Waals surface area contributed by atoms with Gasteiger partial charge in [-0.05, 0) is 48.0 Å². The summed E-state index contributed by atoms with van der Waals surface area (Å²) < 4.78 is 22.0. The molecule has 6 rings (SSSR count). The molecule has 3 aromatic rings. The van der Waals surface area contributed by atoms with Crippen LogP contribution < -0.4 is 4.74 Å². The molecular formula is C29H29ClFN5O2. The summed E-state index contributed by atoms with van der Waals surface area (Å²) >= 11 is 6.34. The number of rotatable bonds is 3. The molecule has 9 heteroatoms. The molecule has 2 saturated heterocycles. The van der Waals surface area contributed by atoms with Crippen molar-refractivity contribution in [2.75, 3.05) is 39.3 Å². The molecule has 0 bridgehead atoms. The molecule has 3 aliphatic rings. The smallest absolute Gasteiger partial charge is 0.260 e. The van der Waals surface area contributed by atoms with Crippen LogP contribution >= 0.6 is 11.6 Å². The molecule has 0 spiro atoms. The van der Waals surface area contributed by atoms with Crippen molar-refractivity contribution in [2.24, 2.45) is 4.99 Å². The zero-order valence-electron chi connectivity index (χ0n) is 21.0. The number of pyridine rings is 1. The van der Waals surface area contributed by atoms with Crippen molar-refractivity contribution in [3.63, 3.8) is 0 Å². The molecule has 38 heavy (non-hydrogen) atoms. The number of fused-ring (bicyclic) bond motifs is 2.